The van der Waals surface area contributed by atoms with Crippen LogP contribution >= 0.6 is 0 Å². The van der Waals surface area contributed by atoms with Gasteiger partial charge >= 0.3 is 0 Å². The molecule has 2 fully saturated rings. The van der Waals surface area contributed by atoms with Crippen molar-refractivity contribution in [1.29, 1.82) is 0 Å². The summed E-state index contributed by atoms with van der Waals surface area (Å²) >= 11 is 0. The molecule has 1 saturated carbocycles. The van der Waals surface area contributed by atoms with Gasteiger partial charge in [0.1, 0.15) is 22.8 Å². The first-order valence-corrected chi connectivity index (χ1v) is 9.68. The summed E-state index contributed by atoms with van der Waals surface area (Å²) in [5.74, 6) is 0.721. The van der Waals surface area contributed by atoms with Gasteiger partial charge in [0.25, 0.3) is 0 Å². The van der Waals surface area contributed by atoms with E-state index in [-0.39, 0.29) is 23.9 Å². The van der Waals surface area contributed by atoms with E-state index in [0.29, 0.717) is 19.4 Å². The molecule has 2 aromatic heterocycles. The molecule has 142 valence electrons. The lowest BCUT2D eigenvalue weighted by atomic mass is 9.73. The first kappa shape index (κ1) is 17.0. The Morgan fingerprint density at radius 1 is 1.26 bits per heavy atom. The number of aromatic nitrogens is 3. The zero-order valence-corrected chi connectivity index (χ0v) is 15.6. The molecule has 27 heavy (non-hydrogen) atoms. The van der Waals surface area contributed by atoms with E-state index in [0.717, 1.165) is 40.6 Å². The Bertz CT molecular complexity index is 1020. The molecule has 0 bridgehead atoms. The average molecular weight is 371 g/mol. The number of ether oxygens (including phenoxy) is 1. The predicted molar refractivity (Wildman–Crippen MR) is 100 cm³/mol. The smallest absolute Gasteiger partial charge is 0.124 e. The molecule has 0 unspecified atom stereocenters. The monoisotopic (exact) mass is 371 g/mol. The molecule has 0 N–H and O–H groups in total. The van der Waals surface area contributed by atoms with E-state index in [1.165, 1.54) is 12.1 Å². The van der Waals surface area contributed by atoms with Crippen LogP contribution in [-0.2, 0) is 4.74 Å². The number of benzene rings is 1. The van der Waals surface area contributed by atoms with Crippen LogP contribution in [0.5, 0.6) is 0 Å². The van der Waals surface area contributed by atoms with Crippen LogP contribution in [0.3, 0.4) is 0 Å². The van der Waals surface area contributed by atoms with Gasteiger partial charge in [0, 0.05) is 24.0 Å². The van der Waals surface area contributed by atoms with Crippen LogP contribution in [0.15, 0.2) is 24.4 Å². The summed E-state index contributed by atoms with van der Waals surface area (Å²) in [4.78, 5) is 9.31. The van der Waals surface area contributed by atoms with Gasteiger partial charge < -0.3 is 9.30 Å². The molecular weight excluding hydrogens is 348 g/mol. The van der Waals surface area contributed by atoms with E-state index in [4.69, 9.17) is 9.72 Å². The van der Waals surface area contributed by atoms with Crippen LogP contribution in [0.1, 0.15) is 57.3 Å². The maximum Gasteiger partial charge on any atom is 0.124 e. The number of pyridine rings is 1. The molecule has 1 aliphatic carbocycles. The van der Waals surface area contributed by atoms with Crippen molar-refractivity contribution in [2.45, 2.75) is 63.3 Å². The van der Waals surface area contributed by atoms with Crippen molar-refractivity contribution in [3.63, 3.8) is 0 Å². The molecule has 4 nitrogen and oxygen atoms in total. The van der Waals surface area contributed by atoms with Crippen LogP contribution in [0, 0.1) is 5.82 Å². The fraction of sp³-hybridized carbons (Fsp3) is 0.524. The molecule has 0 amide bonds. The standard InChI is InChI=1S/C21H23F2N3O/c1-12-7-15(5-6-27-12)26-19-16-8-14(22)3-4-17(16)24-11-18(19)25-20(26)13-9-21(2,23)10-13/h3-4,8,11-13,15H,5-7,9-10H2,1-2H3/t12-,13?,15-,21?/m1/s1. The maximum absolute atomic E-state index is 14.2. The molecule has 0 radical (unpaired) electrons. The summed E-state index contributed by atoms with van der Waals surface area (Å²) in [7, 11) is 0. The molecule has 0 spiro atoms. The second-order valence-electron chi connectivity index (χ2n) is 8.37. The van der Waals surface area contributed by atoms with Crippen LogP contribution < -0.4 is 0 Å². The Morgan fingerprint density at radius 3 is 2.81 bits per heavy atom. The first-order valence-electron chi connectivity index (χ1n) is 9.68. The lowest BCUT2D eigenvalue weighted by Gasteiger charge is -2.40. The Hall–Kier alpha value is -2.08. The van der Waals surface area contributed by atoms with E-state index in [9.17, 15) is 8.78 Å². The van der Waals surface area contributed by atoms with E-state index in [1.807, 2.05) is 0 Å². The molecule has 2 atom stereocenters. The number of rotatable bonds is 2. The Morgan fingerprint density at radius 2 is 2.07 bits per heavy atom. The fourth-order valence-electron chi connectivity index (χ4n) is 4.78. The van der Waals surface area contributed by atoms with Gasteiger partial charge in [0.05, 0.1) is 23.3 Å². The molecule has 1 saturated heterocycles. The summed E-state index contributed by atoms with van der Waals surface area (Å²) in [6.45, 7) is 4.42. The van der Waals surface area contributed by atoms with E-state index >= 15 is 0 Å². The Kier molecular flexibility index (Phi) is 3.76. The van der Waals surface area contributed by atoms with Crippen molar-refractivity contribution in [3.8, 4) is 0 Å². The number of imidazole rings is 1. The number of fused-ring (bicyclic) bond motifs is 3. The average Bonchev–Trinajstić information content (AvgIpc) is 2.99. The van der Waals surface area contributed by atoms with Crippen molar-refractivity contribution >= 4 is 21.9 Å². The van der Waals surface area contributed by atoms with Gasteiger partial charge in [0.15, 0.2) is 0 Å². The van der Waals surface area contributed by atoms with Gasteiger partial charge in [0.2, 0.25) is 0 Å². The highest BCUT2D eigenvalue weighted by Crippen LogP contribution is 2.48. The summed E-state index contributed by atoms with van der Waals surface area (Å²) in [6, 6.07) is 4.89. The van der Waals surface area contributed by atoms with Crippen molar-refractivity contribution in [1.82, 2.24) is 14.5 Å². The number of hydrogen-bond acceptors (Lipinski definition) is 3. The summed E-state index contributed by atoms with van der Waals surface area (Å²) in [5.41, 5.74) is 1.31. The SMILES string of the molecule is C[C@@H]1C[C@H](n2c(C3CC(C)(F)C3)nc3cnc4ccc(F)cc4c32)CCO1. The minimum absolute atomic E-state index is 0.0918. The van der Waals surface area contributed by atoms with Crippen LogP contribution in [0.25, 0.3) is 21.9 Å². The highest BCUT2D eigenvalue weighted by Gasteiger charge is 2.44. The second kappa shape index (κ2) is 5.96. The van der Waals surface area contributed by atoms with E-state index < -0.39 is 5.67 Å². The Labute approximate surface area is 156 Å². The topological polar surface area (TPSA) is 39.9 Å². The van der Waals surface area contributed by atoms with E-state index in [2.05, 4.69) is 16.5 Å². The largest absolute Gasteiger partial charge is 0.378 e. The number of nitrogens with zero attached hydrogens (tertiary/aromatic N) is 3. The predicted octanol–water partition coefficient (Wildman–Crippen LogP) is 5.07. The zero-order valence-electron chi connectivity index (χ0n) is 15.6. The highest BCUT2D eigenvalue weighted by molar-refractivity contribution is 6.02. The molecule has 1 aromatic carbocycles. The lowest BCUT2D eigenvalue weighted by molar-refractivity contribution is 0.00394. The third-order valence-corrected chi connectivity index (χ3v) is 6.04. The summed E-state index contributed by atoms with van der Waals surface area (Å²) in [6.07, 6.45) is 4.63. The molecule has 2 aliphatic rings. The van der Waals surface area contributed by atoms with Crippen molar-refractivity contribution in [2.75, 3.05) is 6.61 Å². The van der Waals surface area contributed by atoms with Gasteiger partial charge in [-0.2, -0.15) is 0 Å². The highest BCUT2D eigenvalue weighted by atomic mass is 19.1. The lowest BCUT2D eigenvalue weighted by Crippen LogP contribution is -2.37. The number of alkyl halides is 1. The summed E-state index contributed by atoms with van der Waals surface area (Å²) < 4.78 is 36.2. The van der Waals surface area contributed by atoms with Gasteiger partial charge in [-0.25, -0.2) is 13.8 Å². The molecule has 5 rings (SSSR count). The van der Waals surface area contributed by atoms with Gasteiger partial charge in [-0.3, -0.25) is 4.98 Å². The molecule has 6 heteroatoms. The van der Waals surface area contributed by atoms with Gasteiger partial charge in [-0.15, -0.1) is 0 Å². The molecule has 1 aliphatic heterocycles. The van der Waals surface area contributed by atoms with Gasteiger partial charge in [-0.05, 0) is 57.7 Å². The van der Waals surface area contributed by atoms with Crippen molar-refractivity contribution in [3.05, 3.63) is 36.0 Å². The normalized spacial score (nSPS) is 31.3. The van der Waals surface area contributed by atoms with Gasteiger partial charge in [-0.1, -0.05) is 0 Å². The second-order valence-corrected chi connectivity index (χ2v) is 8.37. The van der Waals surface area contributed by atoms with Crippen LogP contribution in [0.4, 0.5) is 8.78 Å². The van der Waals surface area contributed by atoms with Crippen molar-refractivity contribution < 1.29 is 13.5 Å². The zero-order chi connectivity index (χ0) is 18.8. The molecule has 3 heterocycles. The number of halogens is 2. The van der Waals surface area contributed by atoms with Crippen LogP contribution in [0.2, 0.25) is 0 Å². The third kappa shape index (κ3) is 2.81. The first-order chi connectivity index (χ1) is 12.9. The number of hydrogen-bond donors (Lipinski definition) is 0. The minimum atomic E-state index is -1.12. The summed E-state index contributed by atoms with van der Waals surface area (Å²) in [5, 5.41) is 0.771. The third-order valence-electron chi connectivity index (χ3n) is 6.04. The fourth-order valence-corrected chi connectivity index (χ4v) is 4.78. The maximum atomic E-state index is 14.2. The quantitative estimate of drug-likeness (QED) is 0.631. The van der Waals surface area contributed by atoms with E-state index in [1.54, 1.807) is 19.2 Å². The Balaban J connectivity index is 1.74. The molecular formula is C21H23F2N3O. The minimum Gasteiger partial charge on any atom is -0.378 e. The van der Waals surface area contributed by atoms with Crippen LogP contribution in [-0.4, -0.2) is 32.9 Å². The molecule has 3 aromatic rings. The van der Waals surface area contributed by atoms with Crippen molar-refractivity contribution in [2.24, 2.45) is 0 Å².